The first kappa shape index (κ1) is 15.3. The van der Waals surface area contributed by atoms with Crippen molar-refractivity contribution in [2.45, 2.75) is 0 Å². The Morgan fingerprint density at radius 3 is 2.79 bits per heavy atom. The molecule has 6 nitrogen and oxygen atoms in total. The number of nitrogens with zero attached hydrogens (tertiary/aromatic N) is 1. The Bertz CT molecular complexity index is 1030. The molecule has 0 spiro atoms. The van der Waals surface area contributed by atoms with E-state index in [0.717, 1.165) is 10.5 Å². The number of aromatic nitrogens is 1. The van der Waals surface area contributed by atoms with Gasteiger partial charge in [0.1, 0.15) is 5.82 Å². The van der Waals surface area contributed by atoms with Crippen LogP contribution in [-0.2, 0) is 9.84 Å². The number of fused-ring (bicyclic) bond motifs is 2. The van der Waals surface area contributed by atoms with Crippen LogP contribution in [0.5, 0.6) is 0 Å². The van der Waals surface area contributed by atoms with Crippen molar-refractivity contribution in [3.8, 4) is 0 Å². The molecule has 2 atom stereocenters. The minimum Gasteiger partial charge on any atom is -0.383 e. The van der Waals surface area contributed by atoms with Crippen molar-refractivity contribution in [1.29, 1.82) is 0 Å². The summed E-state index contributed by atoms with van der Waals surface area (Å²) in [4.78, 5) is 16.5. The molecule has 0 bridgehead atoms. The quantitative estimate of drug-likeness (QED) is 0.842. The molecule has 1 saturated heterocycles. The average molecular weight is 361 g/mol. The van der Waals surface area contributed by atoms with Crippen molar-refractivity contribution in [2.75, 3.05) is 17.2 Å². The Morgan fingerprint density at radius 1 is 1.29 bits per heavy atom. The molecule has 4 rings (SSSR count). The van der Waals surface area contributed by atoms with Crippen LogP contribution in [0.2, 0.25) is 0 Å². The summed E-state index contributed by atoms with van der Waals surface area (Å²) in [6.07, 6.45) is 7.31. The lowest BCUT2D eigenvalue weighted by Gasteiger charge is -2.16. The fourth-order valence-corrected chi connectivity index (χ4v) is 6.51. The van der Waals surface area contributed by atoms with Crippen molar-refractivity contribution in [3.05, 3.63) is 40.9 Å². The molecule has 2 aromatic heterocycles. The van der Waals surface area contributed by atoms with Crippen LogP contribution in [-0.4, -0.2) is 30.8 Å². The number of sulfone groups is 1. The lowest BCUT2D eigenvalue weighted by atomic mass is 9.88. The number of primary amides is 1. The largest absolute Gasteiger partial charge is 0.383 e. The highest BCUT2D eigenvalue weighted by Gasteiger charge is 2.36. The SMILES string of the molecule is NC(=O)c1cnc(N)c2cc(C3=CC4CS(=O)(=O)CC4C=C3)sc12. The van der Waals surface area contributed by atoms with Gasteiger partial charge in [-0.25, -0.2) is 13.4 Å². The normalized spacial score (nSPS) is 24.8. The maximum absolute atomic E-state index is 11.8. The van der Waals surface area contributed by atoms with Crippen LogP contribution in [0.3, 0.4) is 0 Å². The third kappa shape index (κ3) is 2.42. The summed E-state index contributed by atoms with van der Waals surface area (Å²) in [5.74, 6) is 0.266. The van der Waals surface area contributed by atoms with E-state index in [1.165, 1.54) is 17.5 Å². The number of allylic oxidation sites excluding steroid dienone is 4. The van der Waals surface area contributed by atoms with E-state index in [0.29, 0.717) is 21.5 Å². The summed E-state index contributed by atoms with van der Waals surface area (Å²) < 4.78 is 24.3. The van der Waals surface area contributed by atoms with Crippen LogP contribution in [0.15, 0.2) is 30.5 Å². The molecule has 124 valence electrons. The molecule has 3 heterocycles. The summed E-state index contributed by atoms with van der Waals surface area (Å²) in [5, 5.41) is 0.696. The first-order valence-electron chi connectivity index (χ1n) is 7.43. The van der Waals surface area contributed by atoms with Crippen LogP contribution >= 0.6 is 11.3 Å². The van der Waals surface area contributed by atoms with Gasteiger partial charge in [-0.1, -0.05) is 18.2 Å². The third-order valence-corrected chi connectivity index (χ3v) is 7.50. The second-order valence-corrected chi connectivity index (χ2v) is 9.37. The molecule has 2 unspecified atom stereocenters. The highest BCUT2D eigenvalue weighted by Crippen LogP contribution is 2.40. The van der Waals surface area contributed by atoms with E-state index in [-0.39, 0.29) is 23.3 Å². The molecule has 1 amide bonds. The summed E-state index contributed by atoms with van der Waals surface area (Å²) in [6, 6.07) is 1.88. The first-order chi connectivity index (χ1) is 11.3. The molecule has 0 saturated carbocycles. The van der Waals surface area contributed by atoms with Gasteiger partial charge in [0.2, 0.25) is 0 Å². The number of nitrogens with two attached hydrogens (primary N) is 2. The van der Waals surface area contributed by atoms with Crippen LogP contribution in [0.25, 0.3) is 15.7 Å². The maximum Gasteiger partial charge on any atom is 0.251 e. The summed E-state index contributed by atoms with van der Waals surface area (Å²) in [5.41, 5.74) is 12.6. The Labute approximate surface area is 142 Å². The van der Waals surface area contributed by atoms with Crippen molar-refractivity contribution >= 4 is 48.6 Å². The molecular formula is C16H15N3O3S2. The Kier molecular flexibility index (Phi) is 3.29. The van der Waals surface area contributed by atoms with Gasteiger partial charge in [-0.05, 0) is 23.5 Å². The van der Waals surface area contributed by atoms with Crippen LogP contribution < -0.4 is 11.5 Å². The predicted molar refractivity (Wildman–Crippen MR) is 95.3 cm³/mol. The van der Waals surface area contributed by atoms with Gasteiger partial charge in [-0.2, -0.15) is 0 Å². The van der Waals surface area contributed by atoms with Gasteiger partial charge in [0, 0.05) is 16.5 Å². The first-order valence-corrected chi connectivity index (χ1v) is 10.1. The second-order valence-electron chi connectivity index (χ2n) is 6.16. The van der Waals surface area contributed by atoms with E-state index in [1.54, 1.807) is 0 Å². The van der Waals surface area contributed by atoms with Gasteiger partial charge < -0.3 is 11.5 Å². The maximum atomic E-state index is 11.8. The zero-order valence-electron chi connectivity index (χ0n) is 12.6. The lowest BCUT2D eigenvalue weighted by Crippen LogP contribution is -2.11. The van der Waals surface area contributed by atoms with Gasteiger partial charge in [-0.3, -0.25) is 4.79 Å². The smallest absolute Gasteiger partial charge is 0.251 e. The van der Waals surface area contributed by atoms with Gasteiger partial charge >= 0.3 is 0 Å². The highest BCUT2D eigenvalue weighted by atomic mass is 32.2. The lowest BCUT2D eigenvalue weighted by molar-refractivity contribution is 0.100. The molecule has 0 aromatic carbocycles. The number of amides is 1. The molecule has 1 aliphatic carbocycles. The Morgan fingerprint density at radius 2 is 2.04 bits per heavy atom. The van der Waals surface area contributed by atoms with E-state index in [1.807, 2.05) is 24.3 Å². The number of carbonyl (C=O) groups is 1. The average Bonchev–Trinajstić information content (AvgIpc) is 3.06. The number of rotatable bonds is 2. The monoisotopic (exact) mass is 361 g/mol. The molecule has 1 aliphatic heterocycles. The van der Waals surface area contributed by atoms with E-state index in [4.69, 9.17) is 11.5 Å². The number of pyridine rings is 1. The highest BCUT2D eigenvalue weighted by molar-refractivity contribution is 7.91. The van der Waals surface area contributed by atoms with Crippen LogP contribution in [0.4, 0.5) is 5.82 Å². The number of hydrogen-bond donors (Lipinski definition) is 2. The number of carbonyl (C=O) groups excluding carboxylic acids is 1. The molecule has 8 heteroatoms. The number of hydrogen-bond acceptors (Lipinski definition) is 6. The zero-order valence-corrected chi connectivity index (χ0v) is 14.2. The fraction of sp³-hybridized carbons (Fsp3) is 0.250. The predicted octanol–water partition coefficient (Wildman–Crippen LogP) is 1.59. The summed E-state index contributed by atoms with van der Waals surface area (Å²) >= 11 is 1.42. The number of anilines is 1. The summed E-state index contributed by atoms with van der Waals surface area (Å²) in [6.45, 7) is 0. The number of nitrogen functional groups attached to an aromatic ring is 1. The van der Waals surface area contributed by atoms with Crippen LogP contribution in [0, 0.1) is 11.8 Å². The van der Waals surface area contributed by atoms with Gasteiger partial charge in [0.25, 0.3) is 5.91 Å². The molecule has 2 aromatic rings. The molecule has 2 aliphatic rings. The van der Waals surface area contributed by atoms with Crippen molar-refractivity contribution in [1.82, 2.24) is 4.98 Å². The van der Waals surface area contributed by atoms with Crippen LogP contribution in [0.1, 0.15) is 15.2 Å². The molecule has 4 N–H and O–H groups in total. The van der Waals surface area contributed by atoms with Crippen molar-refractivity contribution in [3.63, 3.8) is 0 Å². The summed E-state index contributed by atoms with van der Waals surface area (Å²) in [7, 11) is -2.97. The van der Waals surface area contributed by atoms with E-state index >= 15 is 0 Å². The minimum atomic E-state index is -2.97. The van der Waals surface area contributed by atoms with E-state index in [2.05, 4.69) is 4.98 Å². The van der Waals surface area contributed by atoms with E-state index in [9.17, 15) is 13.2 Å². The molecular weight excluding hydrogens is 346 g/mol. The zero-order chi connectivity index (χ0) is 17.1. The Hall–Kier alpha value is -2.19. The number of thiophene rings is 1. The van der Waals surface area contributed by atoms with Gasteiger partial charge in [0.05, 0.1) is 21.8 Å². The molecule has 24 heavy (non-hydrogen) atoms. The van der Waals surface area contributed by atoms with Crippen molar-refractivity contribution < 1.29 is 13.2 Å². The molecule has 0 radical (unpaired) electrons. The standard InChI is InChI=1S/C16H15N3O3S2/c17-15-11-4-13(23-14(11)12(5-19-15)16(18)20)8-1-2-9-6-24(21,22)7-10(9)3-8/h1-5,9-10H,6-7H2,(H2,17,19)(H2,18,20). The third-order valence-electron chi connectivity index (χ3n) is 4.49. The van der Waals surface area contributed by atoms with E-state index < -0.39 is 15.7 Å². The second kappa shape index (κ2) is 5.15. The van der Waals surface area contributed by atoms with Crippen molar-refractivity contribution in [2.24, 2.45) is 17.6 Å². The minimum absolute atomic E-state index is 0.00583. The van der Waals surface area contributed by atoms with Gasteiger partial charge in [-0.15, -0.1) is 11.3 Å². The Balaban J connectivity index is 1.81. The molecule has 1 fully saturated rings. The fourth-order valence-electron chi connectivity index (χ4n) is 3.31. The topological polar surface area (TPSA) is 116 Å². The van der Waals surface area contributed by atoms with Gasteiger partial charge in [0.15, 0.2) is 9.84 Å².